The quantitative estimate of drug-likeness (QED) is 0.603. The van der Waals surface area contributed by atoms with Crippen LogP contribution in [0.25, 0.3) is 10.9 Å². The zero-order valence-corrected chi connectivity index (χ0v) is 21.0. The van der Waals surface area contributed by atoms with Gasteiger partial charge in [-0.05, 0) is 56.4 Å². The molecule has 2 aromatic carbocycles. The van der Waals surface area contributed by atoms with Crippen molar-refractivity contribution in [1.29, 1.82) is 0 Å². The van der Waals surface area contributed by atoms with Crippen molar-refractivity contribution in [3.05, 3.63) is 53.6 Å². The van der Waals surface area contributed by atoms with Crippen LogP contribution >= 0.6 is 0 Å². The number of hydrogen-bond acceptors (Lipinski definition) is 7. The Morgan fingerprint density at radius 3 is 2.74 bits per heavy atom. The molecule has 182 valence electrons. The number of nitrogens with zero attached hydrogens (tertiary/aromatic N) is 5. The predicted octanol–water partition coefficient (Wildman–Crippen LogP) is 3.89. The average Bonchev–Trinajstić information content (AvgIpc) is 3.71. The molecule has 1 aromatic heterocycles. The van der Waals surface area contributed by atoms with E-state index in [0.29, 0.717) is 30.9 Å². The summed E-state index contributed by atoms with van der Waals surface area (Å²) in [6.45, 7) is 5.42. The van der Waals surface area contributed by atoms with Crippen molar-refractivity contribution in [1.82, 2.24) is 15.3 Å². The standard InChI is InChI=1S/C27H32N6OS/c1-18-6-11-24-23(14-18)26(33-17-21-9-10-22(33)15-28-21)30-27(29-24)32-12-13-35(34,31-20-7-8-20)25-5-3-2-4-19(25)16-32/h2-6,11,14,20-22,28H,7-10,12-13,15-17H2,1H3. The van der Waals surface area contributed by atoms with Gasteiger partial charge in [-0.3, -0.25) is 0 Å². The van der Waals surface area contributed by atoms with Crippen molar-refractivity contribution in [3.8, 4) is 0 Å². The number of aromatic nitrogens is 2. The Labute approximate surface area is 207 Å². The summed E-state index contributed by atoms with van der Waals surface area (Å²) in [4.78, 5) is 15.9. The second kappa shape index (κ2) is 8.17. The van der Waals surface area contributed by atoms with E-state index in [9.17, 15) is 4.21 Å². The minimum absolute atomic E-state index is 0.261. The maximum atomic E-state index is 14.1. The molecule has 0 amide bonds. The molecule has 3 aromatic rings. The lowest BCUT2D eigenvalue weighted by molar-refractivity contribution is 0.289. The zero-order valence-electron chi connectivity index (χ0n) is 20.2. The van der Waals surface area contributed by atoms with Crippen LogP contribution in [0.15, 0.2) is 51.7 Å². The molecule has 8 rings (SSSR count). The first-order valence-electron chi connectivity index (χ1n) is 12.9. The fourth-order valence-electron chi connectivity index (χ4n) is 5.82. The fourth-order valence-corrected chi connectivity index (χ4v) is 8.25. The Balaban J connectivity index is 1.33. The molecule has 2 bridgehead atoms. The van der Waals surface area contributed by atoms with Crippen LogP contribution in [0.1, 0.15) is 36.8 Å². The summed E-state index contributed by atoms with van der Waals surface area (Å²) in [6, 6.07) is 15.9. The Morgan fingerprint density at radius 2 is 1.97 bits per heavy atom. The number of benzene rings is 2. The van der Waals surface area contributed by atoms with Crippen molar-refractivity contribution >= 4 is 32.4 Å². The molecular weight excluding hydrogens is 456 g/mol. The molecule has 7 nitrogen and oxygen atoms in total. The van der Waals surface area contributed by atoms with E-state index >= 15 is 0 Å². The Bertz CT molecular complexity index is 1420. The second-order valence-electron chi connectivity index (χ2n) is 10.6. The normalized spacial score (nSPS) is 28.1. The van der Waals surface area contributed by atoms with Crippen molar-refractivity contribution in [3.63, 3.8) is 0 Å². The monoisotopic (exact) mass is 488 g/mol. The second-order valence-corrected chi connectivity index (χ2v) is 12.9. The van der Waals surface area contributed by atoms with Gasteiger partial charge in [-0.25, -0.2) is 13.6 Å². The number of piperidine rings is 2. The Kier molecular flexibility index (Phi) is 5.03. The zero-order chi connectivity index (χ0) is 23.6. The first kappa shape index (κ1) is 21.6. The lowest BCUT2D eigenvalue weighted by Gasteiger charge is -2.47. The fraction of sp³-hybridized carbons (Fsp3) is 0.481. The molecule has 1 saturated carbocycles. The van der Waals surface area contributed by atoms with E-state index in [-0.39, 0.29) is 6.04 Å². The average molecular weight is 489 g/mol. The summed E-state index contributed by atoms with van der Waals surface area (Å²) in [7, 11) is -2.44. The van der Waals surface area contributed by atoms with Gasteiger partial charge in [0, 0.05) is 43.6 Å². The topological polar surface area (TPSA) is 73.7 Å². The van der Waals surface area contributed by atoms with Crippen LogP contribution in [0, 0.1) is 6.92 Å². The summed E-state index contributed by atoms with van der Waals surface area (Å²) in [5, 5.41) is 4.80. The SMILES string of the molecule is Cc1ccc2nc(N3CCS(=O)(=NC4CC4)c4ccccc4C3)nc(N3CC4CCC3CN4)c2c1. The van der Waals surface area contributed by atoms with Gasteiger partial charge in [-0.1, -0.05) is 29.8 Å². The molecule has 4 aliphatic heterocycles. The van der Waals surface area contributed by atoms with E-state index in [1.54, 1.807) is 0 Å². The number of aryl methyl sites for hydroxylation is 1. The summed E-state index contributed by atoms with van der Waals surface area (Å²) < 4.78 is 18.9. The number of hydrogen-bond donors (Lipinski definition) is 1. The Hall–Kier alpha value is -2.71. The highest BCUT2D eigenvalue weighted by molar-refractivity contribution is 7.93. The molecule has 3 atom stereocenters. The van der Waals surface area contributed by atoms with Crippen LogP contribution < -0.4 is 15.1 Å². The molecule has 35 heavy (non-hydrogen) atoms. The number of anilines is 2. The lowest BCUT2D eigenvalue weighted by atomic mass is 9.92. The maximum Gasteiger partial charge on any atom is 0.228 e. The predicted molar refractivity (Wildman–Crippen MR) is 141 cm³/mol. The van der Waals surface area contributed by atoms with E-state index in [4.69, 9.17) is 14.3 Å². The highest BCUT2D eigenvalue weighted by Gasteiger charge is 2.36. The smallest absolute Gasteiger partial charge is 0.228 e. The van der Waals surface area contributed by atoms with Crippen LogP contribution in [0.3, 0.4) is 0 Å². The van der Waals surface area contributed by atoms with Crippen LogP contribution in [-0.2, 0) is 16.3 Å². The molecule has 1 aliphatic carbocycles. The van der Waals surface area contributed by atoms with Gasteiger partial charge in [0.1, 0.15) is 5.82 Å². The van der Waals surface area contributed by atoms with Crippen LogP contribution in [-0.4, -0.2) is 57.7 Å². The summed E-state index contributed by atoms with van der Waals surface area (Å²) in [5.74, 6) is 2.30. The van der Waals surface area contributed by atoms with Gasteiger partial charge in [0.2, 0.25) is 5.95 Å². The van der Waals surface area contributed by atoms with E-state index in [1.807, 2.05) is 18.2 Å². The van der Waals surface area contributed by atoms with Gasteiger partial charge in [0.25, 0.3) is 0 Å². The first-order valence-corrected chi connectivity index (χ1v) is 14.6. The highest BCUT2D eigenvalue weighted by Crippen LogP contribution is 2.36. The molecular formula is C27H32N6OS. The third-order valence-electron chi connectivity index (χ3n) is 7.90. The third-order valence-corrected chi connectivity index (χ3v) is 10.4. The van der Waals surface area contributed by atoms with Gasteiger partial charge < -0.3 is 15.1 Å². The summed E-state index contributed by atoms with van der Waals surface area (Å²) in [5.41, 5.74) is 3.28. The molecule has 3 unspecified atom stereocenters. The van der Waals surface area contributed by atoms with E-state index in [0.717, 1.165) is 59.1 Å². The van der Waals surface area contributed by atoms with Gasteiger partial charge in [0.05, 0.1) is 31.9 Å². The molecule has 8 heteroatoms. The van der Waals surface area contributed by atoms with E-state index in [1.165, 1.54) is 18.4 Å². The van der Waals surface area contributed by atoms with Gasteiger partial charge in [-0.2, -0.15) is 4.98 Å². The molecule has 0 radical (unpaired) electrons. The number of piperazine rings is 1. The van der Waals surface area contributed by atoms with Gasteiger partial charge >= 0.3 is 0 Å². The lowest BCUT2D eigenvalue weighted by Crippen LogP contribution is -2.61. The number of fused-ring (bicyclic) bond motifs is 5. The minimum atomic E-state index is -2.44. The van der Waals surface area contributed by atoms with E-state index < -0.39 is 9.73 Å². The van der Waals surface area contributed by atoms with Crippen molar-refractivity contribution < 1.29 is 4.21 Å². The Morgan fingerprint density at radius 1 is 1.09 bits per heavy atom. The molecule has 5 heterocycles. The molecule has 3 saturated heterocycles. The molecule has 1 N–H and O–H groups in total. The number of nitrogens with one attached hydrogen (secondary N) is 1. The third kappa shape index (κ3) is 3.87. The van der Waals surface area contributed by atoms with Crippen molar-refractivity contribution in [2.24, 2.45) is 4.36 Å². The van der Waals surface area contributed by atoms with Crippen molar-refractivity contribution in [2.75, 3.05) is 35.2 Å². The number of rotatable bonds is 3. The molecule has 5 aliphatic rings. The molecule has 4 fully saturated rings. The van der Waals surface area contributed by atoms with Crippen LogP contribution in [0.5, 0.6) is 0 Å². The van der Waals surface area contributed by atoms with Crippen LogP contribution in [0.2, 0.25) is 0 Å². The van der Waals surface area contributed by atoms with Crippen molar-refractivity contribution in [2.45, 2.75) is 62.2 Å². The summed E-state index contributed by atoms with van der Waals surface area (Å²) in [6.07, 6.45) is 4.56. The largest absolute Gasteiger partial charge is 0.350 e. The summed E-state index contributed by atoms with van der Waals surface area (Å²) >= 11 is 0. The maximum absolute atomic E-state index is 14.1. The highest BCUT2D eigenvalue weighted by atomic mass is 32.2. The van der Waals surface area contributed by atoms with Gasteiger partial charge in [0.15, 0.2) is 0 Å². The minimum Gasteiger partial charge on any atom is -0.350 e. The molecule has 0 spiro atoms. The van der Waals surface area contributed by atoms with E-state index in [2.05, 4.69) is 46.3 Å². The first-order chi connectivity index (χ1) is 17.1. The van der Waals surface area contributed by atoms with Crippen LogP contribution in [0.4, 0.5) is 11.8 Å². The van der Waals surface area contributed by atoms with Gasteiger partial charge in [-0.15, -0.1) is 0 Å².